The highest BCUT2D eigenvalue weighted by Gasteiger charge is 2.19. The zero-order chi connectivity index (χ0) is 19.9. The zero-order valence-electron chi connectivity index (χ0n) is 15.9. The molecule has 0 radical (unpaired) electrons. The van der Waals surface area contributed by atoms with Crippen molar-refractivity contribution in [3.63, 3.8) is 0 Å². The van der Waals surface area contributed by atoms with E-state index in [1.54, 1.807) is 24.3 Å². The largest absolute Gasteiger partial charge is 0.484 e. The number of sulfonamides is 1. The van der Waals surface area contributed by atoms with Crippen molar-refractivity contribution in [2.75, 3.05) is 30.3 Å². The van der Waals surface area contributed by atoms with E-state index in [9.17, 15) is 13.2 Å². The summed E-state index contributed by atoms with van der Waals surface area (Å²) in [7, 11) is -3.46. The fraction of sp³-hybridized carbons (Fsp3) is 0.350. The Morgan fingerprint density at radius 3 is 2.41 bits per heavy atom. The minimum Gasteiger partial charge on any atom is -0.484 e. The van der Waals surface area contributed by atoms with Crippen LogP contribution in [0.4, 0.5) is 5.69 Å². The molecule has 0 atom stereocenters. The number of carbonyl (C=O) groups excluding carboxylic acids is 1. The summed E-state index contributed by atoms with van der Waals surface area (Å²) in [6.45, 7) is 4.19. The molecule has 0 aromatic heterocycles. The molecule has 0 saturated carbocycles. The van der Waals surface area contributed by atoms with Crippen LogP contribution in [0.3, 0.4) is 0 Å². The van der Waals surface area contributed by atoms with E-state index < -0.39 is 10.0 Å². The molecule has 0 aliphatic carbocycles. The number of benzene rings is 2. The Labute approximate surface area is 161 Å². The number of hydrogen-bond donors (Lipinski definition) is 1. The van der Waals surface area contributed by atoms with Crippen LogP contribution in [-0.2, 0) is 21.2 Å². The van der Waals surface area contributed by atoms with E-state index in [0.717, 1.165) is 17.5 Å². The first-order valence-corrected chi connectivity index (χ1v) is 10.7. The number of carbonyl (C=O) groups is 1. The van der Waals surface area contributed by atoms with Gasteiger partial charge in [-0.05, 0) is 37.1 Å². The second-order valence-electron chi connectivity index (χ2n) is 6.27. The van der Waals surface area contributed by atoms with Crippen molar-refractivity contribution >= 4 is 21.6 Å². The van der Waals surface area contributed by atoms with Crippen LogP contribution >= 0.6 is 0 Å². The number of anilines is 1. The van der Waals surface area contributed by atoms with E-state index >= 15 is 0 Å². The molecule has 0 aliphatic rings. The highest BCUT2D eigenvalue weighted by atomic mass is 32.2. The fourth-order valence-electron chi connectivity index (χ4n) is 2.65. The Kier molecular flexibility index (Phi) is 7.24. The lowest BCUT2D eigenvalue weighted by atomic mass is 10.1. The number of nitrogens with zero attached hydrogens (tertiary/aromatic N) is 1. The number of hydrogen-bond acceptors (Lipinski definition) is 4. The third-order valence-electron chi connectivity index (χ3n) is 4.07. The van der Waals surface area contributed by atoms with Crippen molar-refractivity contribution < 1.29 is 17.9 Å². The van der Waals surface area contributed by atoms with Crippen LogP contribution in [0.5, 0.6) is 5.75 Å². The van der Waals surface area contributed by atoms with Gasteiger partial charge in [0.25, 0.3) is 5.91 Å². The van der Waals surface area contributed by atoms with Crippen molar-refractivity contribution in [1.29, 1.82) is 0 Å². The summed E-state index contributed by atoms with van der Waals surface area (Å²) in [5.41, 5.74) is 2.70. The molecule has 0 saturated heterocycles. The molecule has 0 spiro atoms. The van der Waals surface area contributed by atoms with Gasteiger partial charge in [-0.25, -0.2) is 8.42 Å². The Hall–Kier alpha value is -2.54. The van der Waals surface area contributed by atoms with Crippen molar-refractivity contribution in [3.05, 3.63) is 59.7 Å². The summed E-state index contributed by atoms with van der Waals surface area (Å²) in [5.74, 6) is 0.318. The Bertz CT molecular complexity index is 864. The van der Waals surface area contributed by atoms with Crippen molar-refractivity contribution in [3.8, 4) is 5.75 Å². The molecule has 27 heavy (non-hydrogen) atoms. The van der Waals surface area contributed by atoms with Crippen molar-refractivity contribution in [2.24, 2.45) is 0 Å². The van der Waals surface area contributed by atoms with Crippen LogP contribution in [0, 0.1) is 6.92 Å². The topological polar surface area (TPSA) is 75.7 Å². The quantitative estimate of drug-likeness (QED) is 0.714. The second-order valence-corrected chi connectivity index (χ2v) is 8.18. The lowest BCUT2D eigenvalue weighted by molar-refractivity contribution is -0.123. The van der Waals surface area contributed by atoms with Crippen LogP contribution in [-0.4, -0.2) is 40.3 Å². The van der Waals surface area contributed by atoms with Crippen LogP contribution in [0.15, 0.2) is 48.5 Å². The average molecular weight is 391 g/mol. The standard InChI is InChI=1S/C20H26N2O4S/c1-4-17-7-5-6-8-19(17)22(27(3,24)25)14-13-21-20(23)15-26-18-11-9-16(2)10-12-18/h5-12H,4,13-15H2,1-3H3,(H,21,23). The van der Waals surface area contributed by atoms with E-state index in [-0.39, 0.29) is 25.6 Å². The maximum absolute atomic E-state index is 12.2. The summed E-state index contributed by atoms with van der Waals surface area (Å²) >= 11 is 0. The van der Waals surface area contributed by atoms with Gasteiger partial charge in [0.1, 0.15) is 5.75 Å². The van der Waals surface area contributed by atoms with Gasteiger partial charge in [-0.15, -0.1) is 0 Å². The monoisotopic (exact) mass is 390 g/mol. The summed E-state index contributed by atoms with van der Waals surface area (Å²) in [6, 6.07) is 14.8. The fourth-order valence-corrected chi connectivity index (χ4v) is 3.61. The SMILES string of the molecule is CCc1ccccc1N(CCNC(=O)COc1ccc(C)cc1)S(C)(=O)=O. The number of ether oxygens (including phenoxy) is 1. The van der Waals surface area contributed by atoms with Crippen LogP contribution < -0.4 is 14.4 Å². The number of amides is 1. The first-order chi connectivity index (χ1) is 12.8. The molecule has 0 unspecified atom stereocenters. The van der Waals surface area contributed by atoms with Gasteiger partial charge in [-0.1, -0.05) is 42.8 Å². The minimum absolute atomic E-state index is 0.118. The summed E-state index contributed by atoms with van der Waals surface area (Å²) in [5, 5.41) is 2.70. The average Bonchev–Trinajstić information content (AvgIpc) is 2.64. The Balaban J connectivity index is 1.92. The maximum atomic E-state index is 12.2. The van der Waals surface area contributed by atoms with Gasteiger partial charge in [0.15, 0.2) is 6.61 Å². The zero-order valence-corrected chi connectivity index (χ0v) is 16.8. The number of para-hydroxylation sites is 1. The molecule has 6 nitrogen and oxygen atoms in total. The highest BCUT2D eigenvalue weighted by molar-refractivity contribution is 7.92. The van der Waals surface area contributed by atoms with Gasteiger partial charge in [-0.3, -0.25) is 9.10 Å². The predicted octanol–water partition coefficient (Wildman–Crippen LogP) is 2.52. The van der Waals surface area contributed by atoms with Gasteiger partial charge < -0.3 is 10.1 Å². The number of rotatable bonds is 9. The van der Waals surface area contributed by atoms with Gasteiger partial charge in [-0.2, -0.15) is 0 Å². The molecule has 0 heterocycles. The summed E-state index contributed by atoms with van der Waals surface area (Å²) in [4.78, 5) is 12.0. The molecule has 7 heteroatoms. The Morgan fingerprint density at radius 1 is 1.11 bits per heavy atom. The highest BCUT2D eigenvalue weighted by Crippen LogP contribution is 2.22. The summed E-state index contributed by atoms with van der Waals surface area (Å²) in [6.07, 6.45) is 1.89. The lowest BCUT2D eigenvalue weighted by Crippen LogP contribution is -2.39. The van der Waals surface area contributed by atoms with Crippen LogP contribution in [0.25, 0.3) is 0 Å². The molecule has 0 bridgehead atoms. The molecule has 0 fully saturated rings. The van der Waals surface area contributed by atoms with Crippen molar-refractivity contribution in [1.82, 2.24) is 5.32 Å². The molecular weight excluding hydrogens is 364 g/mol. The lowest BCUT2D eigenvalue weighted by Gasteiger charge is -2.24. The third kappa shape index (κ3) is 6.29. The first-order valence-electron chi connectivity index (χ1n) is 8.83. The number of nitrogens with one attached hydrogen (secondary N) is 1. The molecule has 2 rings (SSSR count). The van der Waals surface area contributed by atoms with E-state index in [0.29, 0.717) is 11.4 Å². The molecule has 146 valence electrons. The minimum atomic E-state index is -3.46. The predicted molar refractivity (Wildman–Crippen MR) is 108 cm³/mol. The molecule has 2 aromatic rings. The second kappa shape index (κ2) is 9.41. The first kappa shape index (κ1) is 20.8. The van der Waals surface area contributed by atoms with E-state index in [1.807, 2.05) is 38.1 Å². The summed E-state index contributed by atoms with van der Waals surface area (Å²) < 4.78 is 31.2. The molecular formula is C20H26N2O4S. The van der Waals surface area contributed by atoms with Gasteiger partial charge in [0.05, 0.1) is 18.5 Å². The van der Waals surface area contributed by atoms with Crippen LogP contribution in [0.1, 0.15) is 18.1 Å². The smallest absolute Gasteiger partial charge is 0.258 e. The van der Waals surface area contributed by atoms with E-state index in [1.165, 1.54) is 10.6 Å². The molecule has 1 N–H and O–H groups in total. The Morgan fingerprint density at radius 2 is 1.78 bits per heavy atom. The normalized spacial score (nSPS) is 11.1. The molecule has 2 aromatic carbocycles. The van der Waals surface area contributed by atoms with Gasteiger partial charge in [0, 0.05) is 6.54 Å². The van der Waals surface area contributed by atoms with Gasteiger partial charge >= 0.3 is 0 Å². The maximum Gasteiger partial charge on any atom is 0.258 e. The van der Waals surface area contributed by atoms with Gasteiger partial charge in [0.2, 0.25) is 10.0 Å². The molecule has 0 aliphatic heterocycles. The third-order valence-corrected chi connectivity index (χ3v) is 5.25. The van der Waals surface area contributed by atoms with Crippen molar-refractivity contribution in [2.45, 2.75) is 20.3 Å². The number of aryl methyl sites for hydroxylation is 2. The van der Waals surface area contributed by atoms with E-state index in [2.05, 4.69) is 5.32 Å². The van der Waals surface area contributed by atoms with E-state index in [4.69, 9.17) is 4.74 Å². The van der Waals surface area contributed by atoms with Crippen LogP contribution in [0.2, 0.25) is 0 Å². The molecule has 1 amide bonds.